The maximum absolute atomic E-state index is 10.7. The van der Waals surface area contributed by atoms with Crippen molar-refractivity contribution >= 4 is 0 Å². The quantitative estimate of drug-likeness (QED) is 0.197. The maximum atomic E-state index is 10.7. The third-order valence-electron chi connectivity index (χ3n) is 9.10. The standard InChI is InChI=1S/C38H37N3O5/c1-25-31(6-3-7-33(25)29-8-9-36-38(16-29)44-13-12-43-36)24-45-32-15-30-10-11-41(22-35(42)28-4-2-5-28)21-34(30)37(17-32)46-23-27-14-26(18-39)19-40-20-27/h3,6-9,14-17,19-20,42H,2,4-5,10-13,21-24H2,1H3. The van der Waals surface area contributed by atoms with Crippen molar-refractivity contribution in [2.24, 2.45) is 0 Å². The van der Waals surface area contributed by atoms with Crippen molar-refractivity contribution in [3.8, 4) is 40.2 Å². The van der Waals surface area contributed by atoms with E-state index in [0.29, 0.717) is 44.2 Å². The molecule has 0 spiro atoms. The molecule has 7 rings (SSSR count). The molecular formula is C38H37N3O5. The highest BCUT2D eigenvalue weighted by molar-refractivity contribution is 5.71. The minimum absolute atomic E-state index is 0.282. The Hall–Kier alpha value is -5.00. The van der Waals surface area contributed by atoms with Gasteiger partial charge in [-0.3, -0.25) is 9.88 Å². The van der Waals surface area contributed by atoms with E-state index in [4.69, 9.17) is 18.9 Å². The van der Waals surface area contributed by atoms with Crippen molar-refractivity contribution in [3.05, 3.63) is 112 Å². The molecular weight excluding hydrogens is 578 g/mol. The lowest BCUT2D eigenvalue weighted by molar-refractivity contribution is 0.171. The topological polar surface area (TPSA) is 97.1 Å². The molecule has 3 aliphatic rings. The van der Waals surface area contributed by atoms with Crippen molar-refractivity contribution in [1.29, 1.82) is 5.26 Å². The van der Waals surface area contributed by atoms with Crippen LogP contribution < -0.4 is 18.9 Å². The molecule has 1 fully saturated rings. The van der Waals surface area contributed by atoms with Crippen LogP contribution in [-0.2, 0) is 26.2 Å². The molecule has 46 heavy (non-hydrogen) atoms. The molecule has 8 nitrogen and oxygen atoms in total. The van der Waals surface area contributed by atoms with Crippen LogP contribution in [0.3, 0.4) is 0 Å². The number of ether oxygens (including phenoxy) is 4. The molecule has 4 aromatic rings. The van der Waals surface area contributed by atoms with Crippen LogP contribution in [0.15, 0.2) is 78.3 Å². The maximum Gasteiger partial charge on any atom is 0.161 e. The molecule has 0 amide bonds. The fourth-order valence-corrected chi connectivity index (χ4v) is 6.28. The monoisotopic (exact) mass is 615 g/mol. The Morgan fingerprint density at radius 3 is 2.67 bits per heavy atom. The minimum Gasteiger partial charge on any atom is -0.511 e. The first-order chi connectivity index (χ1) is 22.5. The van der Waals surface area contributed by atoms with E-state index in [1.165, 1.54) is 11.1 Å². The number of nitriles is 1. The molecule has 1 aliphatic carbocycles. The molecule has 8 heteroatoms. The van der Waals surface area contributed by atoms with Gasteiger partial charge in [0.1, 0.15) is 49.8 Å². The number of aromatic nitrogens is 1. The van der Waals surface area contributed by atoms with Crippen LogP contribution in [0.4, 0.5) is 0 Å². The van der Waals surface area contributed by atoms with Crippen LogP contribution in [-0.4, -0.2) is 41.3 Å². The molecule has 2 aliphatic heterocycles. The summed E-state index contributed by atoms with van der Waals surface area (Å²) in [5, 5.41) is 20.0. The van der Waals surface area contributed by atoms with E-state index in [0.717, 1.165) is 88.6 Å². The number of aliphatic hydroxyl groups excluding tert-OH is 1. The highest BCUT2D eigenvalue weighted by Gasteiger charge is 2.24. The van der Waals surface area contributed by atoms with Gasteiger partial charge < -0.3 is 24.1 Å². The van der Waals surface area contributed by atoms with Gasteiger partial charge in [0, 0.05) is 42.7 Å². The summed E-state index contributed by atoms with van der Waals surface area (Å²) >= 11 is 0. The Bertz CT molecular complexity index is 1840. The van der Waals surface area contributed by atoms with Crippen molar-refractivity contribution in [2.45, 2.75) is 52.4 Å². The van der Waals surface area contributed by atoms with Gasteiger partial charge in [-0.05, 0) is 90.3 Å². The average Bonchev–Trinajstić information content (AvgIpc) is 3.06. The summed E-state index contributed by atoms with van der Waals surface area (Å²) < 4.78 is 24.4. The van der Waals surface area contributed by atoms with E-state index in [2.05, 4.69) is 53.2 Å². The van der Waals surface area contributed by atoms with Gasteiger partial charge >= 0.3 is 0 Å². The predicted molar refractivity (Wildman–Crippen MR) is 174 cm³/mol. The zero-order chi connectivity index (χ0) is 31.5. The fourth-order valence-electron chi connectivity index (χ4n) is 6.28. The Balaban J connectivity index is 1.12. The van der Waals surface area contributed by atoms with Crippen molar-refractivity contribution < 1.29 is 24.1 Å². The largest absolute Gasteiger partial charge is 0.511 e. The molecule has 0 bridgehead atoms. The van der Waals surface area contributed by atoms with Crippen LogP contribution in [0.5, 0.6) is 23.0 Å². The molecule has 1 N–H and O–H groups in total. The van der Waals surface area contributed by atoms with Gasteiger partial charge in [-0.1, -0.05) is 24.3 Å². The first-order valence-corrected chi connectivity index (χ1v) is 15.9. The van der Waals surface area contributed by atoms with Gasteiger partial charge in [-0.2, -0.15) is 5.26 Å². The Morgan fingerprint density at radius 2 is 1.85 bits per heavy atom. The highest BCUT2D eigenvalue weighted by atomic mass is 16.6. The molecule has 0 radical (unpaired) electrons. The van der Waals surface area contributed by atoms with Gasteiger partial charge in [-0.25, -0.2) is 0 Å². The number of aliphatic hydroxyl groups is 1. The Morgan fingerprint density at radius 1 is 0.978 bits per heavy atom. The third kappa shape index (κ3) is 6.37. The Labute approximate surface area is 269 Å². The number of benzene rings is 3. The summed E-state index contributed by atoms with van der Waals surface area (Å²) in [6, 6.07) is 20.4. The molecule has 234 valence electrons. The third-order valence-corrected chi connectivity index (χ3v) is 9.10. The van der Waals surface area contributed by atoms with Gasteiger partial charge in [0.15, 0.2) is 11.5 Å². The van der Waals surface area contributed by atoms with E-state index in [-0.39, 0.29) is 6.61 Å². The summed E-state index contributed by atoms with van der Waals surface area (Å²) in [6.07, 6.45) is 7.26. The number of pyridine rings is 1. The number of hydrogen-bond acceptors (Lipinski definition) is 8. The zero-order valence-electron chi connectivity index (χ0n) is 26.1. The normalized spacial score (nSPS) is 15.3. The smallest absolute Gasteiger partial charge is 0.161 e. The molecule has 1 saturated carbocycles. The van der Waals surface area contributed by atoms with Crippen LogP contribution in [0.1, 0.15) is 52.6 Å². The van der Waals surface area contributed by atoms with Crippen molar-refractivity contribution in [1.82, 2.24) is 9.88 Å². The summed E-state index contributed by atoms with van der Waals surface area (Å²) in [5.41, 5.74) is 9.24. The molecule has 0 atom stereocenters. The SMILES string of the molecule is Cc1c(COc2cc3c(c(OCc4cncc(C#N)c4)c2)CN(CC(O)=C2CCC2)CC3)cccc1-c1ccc2c(c1)OCCO2. The lowest BCUT2D eigenvalue weighted by atomic mass is 9.91. The molecule has 0 saturated heterocycles. The molecule has 0 unspecified atom stereocenters. The van der Waals surface area contributed by atoms with Crippen molar-refractivity contribution in [2.75, 3.05) is 26.3 Å². The van der Waals surface area contributed by atoms with E-state index in [1.807, 2.05) is 18.2 Å². The Kier molecular flexibility index (Phi) is 8.49. The van der Waals surface area contributed by atoms with E-state index in [1.54, 1.807) is 18.5 Å². The number of allylic oxidation sites excluding steroid dienone is 1. The second-order valence-electron chi connectivity index (χ2n) is 12.1. The number of fused-ring (bicyclic) bond motifs is 2. The first-order valence-electron chi connectivity index (χ1n) is 15.9. The molecule has 3 heterocycles. The summed E-state index contributed by atoms with van der Waals surface area (Å²) in [7, 11) is 0. The summed E-state index contributed by atoms with van der Waals surface area (Å²) in [6.45, 7) is 6.01. The number of rotatable bonds is 9. The second-order valence-corrected chi connectivity index (χ2v) is 12.1. The number of nitrogens with zero attached hydrogens (tertiary/aromatic N) is 3. The van der Waals surface area contributed by atoms with E-state index in [9.17, 15) is 10.4 Å². The van der Waals surface area contributed by atoms with Gasteiger partial charge in [0.25, 0.3) is 0 Å². The van der Waals surface area contributed by atoms with Crippen LogP contribution in [0.25, 0.3) is 11.1 Å². The van der Waals surface area contributed by atoms with Crippen LogP contribution in [0.2, 0.25) is 0 Å². The lowest BCUT2D eigenvalue weighted by Gasteiger charge is -2.31. The number of hydrogen-bond donors (Lipinski definition) is 1. The second kappa shape index (κ2) is 13.2. The summed E-state index contributed by atoms with van der Waals surface area (Å²) in [5.74, 6) is 3.56. The fraction of sp³-hybridized carbons (Fsp3) is 0.316. The highest BCUT2D eigenvalue weighted by Crippen LogP contribution is 2.38. The van der Waals surface area contributed by atoms with Gasteiger partial charge in [0.2, 0.25) is 0 Å². The first kappa shape index (κ1) is 29.7. The minimum atomic E-state index is 0.282. The van der Waals surface area contributed by atoms with Crippen LogP contribution in [0, 0.1) is 18.3 Å². The molecule has 3 aromatic carbocycles. The zero-order valence-corrected chi connectivity index (χ0v) is 26.1. The average molecular weight is 616 g/mol. The van der Waals surface area contributed by atoms with Crippen LogP contribution >= 0.6 is 0 Å². The van der Waals surface area contributed by atoms with Crippen molar-refractivity contribution in [3.63, 3.8) is 0 Å². The summed E-state index contributed by atoms with van der Waals surface area (Å²) in [4.78, 5) is 6.47. The van der Waals surface area contributed by atoms with E-state index >= 15 is 0 Å². The predicted octanol–water partition coefficient (Wildman–Crippen LogP) is 7.21. The molecule has 1 aromatic heterocycles. The van der Waals surface area contributed by atoms with Gasteiger partial charge in [0.05, 0.1) is 12.1 Å². The van der Waals surface area contributed by atoms with E-state index < -0.39 is 0 Å². The van der Waals surface area contributed by atoms with Gasteiger partial charge in [-0.15, -0.1) is 0 Å². The lowest BCUT2D eigenvalue weighted by Crippen LogP contribution is -2.33.